The van der Waals surface area contributed by atoms with Crippen LogP contribution >= 0.6 is 0 Å². The summed E-state index contributed by atoms with van der Waals surface area (Å²) in [5.41, 5.74) is 5.39. The molecule has 1 atom stereocenters. The largest absolute Gasteiger partial charge is 0.395 e. The van der Waals surface area contributed by atoms with E-state index in [-0.39, 0.29) is 12.6 Å². The standard InChI is InChI=1S/C15H23NO2/c1-11-6-12(2)15(13(3)7-11)8-16-4-5-18-10-14(16)9-17/h6-7,14,17H,4-5,8-10H2,1-3H3. The summed E-state index contributed by atoms with van der Waals surface area (Å²) < 4.78 is 5.42. The first-order chi connectivity index (χ1) is 8.61. The summed E-state index contributed by atoms with van der Waals surface area (Å²) in [4.78, 5) is 2.33. The third kappa shape index (κ3) is 2.91. The second kappa shape index (κ2) is 5.83. The molecule has 1 unspecified atom stereocenters. The molecule has 18 heavy (non-hydrogen) atoms. The van der Waals surface area contributed by atoms with Gasteiger partial charge in [-0.2, -0.15) is 0 Å². The van der Waals surface area contributed by atoms with E-state index in [4.69, 9.17) is 4.74 Å². The lowest BCUT2D eigenvalue weighted by Gasteiger charge is -2.35. The first-order valence-corrected chi connectivity index (χ1v) is 6.61. The summed E-state index contributed by atoms with van der Waals surface area (Å²) in [6, 6.07) is 4.60. The van der Waals surface area contributed by atoms with Gasteiger partial charge in [-0.3, -0.25) is 4.90 Å². The van der Waals surface area contributed by atoms with Crippen LogP contribution in [-0.2, 0) is 11.3 Å². The lowest BCUT2D eigenvalue weighted by Crippen LogP contribution is -2.47. The minimum absolute atomic E-state index is 0.138. The van der Waals surface area contributed by atoms with E-state index in [1.807, 2.05) is 0 Å². The molecule has 0 saturated carbocycles. The van der Waals surface area contributed by atoms with Crippen molar-refractivity contribution < 1.29 is 9.84 Å². The summed E-state index contributed by atoms with van der Waals surface area (Å²) in [6.45, 7) is 9.86. The first-order valence-electron chi connectivity index (χ1n) is 6.61. The van der Waals surface area contributed by atoms with Crippen LogP contribution in [0.15, 0.2) is 12.1 Å². The lowest BCUT2D eigenvalue weighted by atomic mass is 9.99. The Balaban J connectivity index is 2.17. The Morgan fingerprint density at radius 2 is 1.94 bits per heavy atom. The number of ether oxygens (including phenoxy) is 1. The van der Waals surface area contributed by atoms with E-state index in [1.54, 1.807) is 0 Å². The lowest BCUT2D eigenvalue weighted by molar-refractivity contribution is -0.0314. The van der Waals surface area contributed by atoms with Crippen molar-refractivity contribution in [1.29, 1.82) is 0 Å². The summed E-state index contributed by atoms with van der Waals surface area (Å²) in [7, 11) is 0. The van der Waals surface area contributed by atoms with Crippen LogP contribution in [0.25, 0.3) is 0 Å². The van der Waals surface area contributed by atoms with Gasteiger partial charge in [0.15, 0.2) is 0 Å². The highest BCUT2D eigenvalue weighted by atomic mass is 16.5. The molecule has 3 heteroatoms. The predicted octanol–water partition coefficient (Wildman–Crippen LogP) is 1.80. The zero-order valence-corrected chi connectivity index (χ0v) is 11.6. The van der Waals surface area contributed by atoms with Crippen LogP contribution in [0.2, 0.25) is 0 Å². The van der Waals surface area contributed by atoms with Gasteiger partial charge in [-0.05, 0) is 37.5 Å². The molecular weight excluding hydrogens is 226 g/mol. The SMILES string of the molecule is Cc1cc(C)c(CN2CCOCC2CO)c(C)c1. The molecule has 1 aromatic rings. The van der Waals surface area contributed by atoms with Crippen LogP contribution in [0.3, 0.4) is 0 Å². The third-order valence-corrected chi connectivity index (χ3v) is 3.76. The minimum Gasteiger partial charge on any atom is -0.395 e. The van der Waals surface area contributed by atoms with Crippen molar-refractivity contribution in [2.75, 3.05) is 26.4 Å². The van der Waals surface area contributed by atoms with Gasteiger partial charge in [0.2, 0.25) is 0 Å². The molecule has 1 aliphatic rings. The Morgan fingerprint density at radius 1 is 1.28 bits per heavy atom. The second-order valence-electron chi connectivity index (χ2n) is 5.26. The van der Waals surface area contributed by atoms with Gasteiger partial charge in [-0.1, -0.05) is 17.7 Å². The van der Waals surface area contributed by atoms with Crippen LogP contribution in [-0.4, -0.2) is 42.4 Å². The molecule has 1 N–H and O–H groups in total. The fourth-order valence-corrected chi connectivity index (χ4v) is 2.73. The van der Waals surface area contributed by atoms with E-state index in [9.17, 15) is 5.11 Å². The average molecular weight is 249 g/mol. The van der Waals surface area contributed by atoms with E-state index in [2.05, 4.69) is 37.8 Å². The molecule has 0 amide bonds. The monoisotopic (exact) mass is 249 g/mol. The van der Waals surface area contributed by atoms with Crippen LogP contribution in [0.1, 0.15) is 22.3 Å². The number of morpholine rings is 1. The summed E-state index contributed by atoms with van der Waals surface area (Å²) in [6.07, 6.45) is 0. The molecule has 0 aliphatic carbocycles. The molecule has 100 valence electrons. The Bertz CT molecular complexity index is 394. The van der Waals surface area contributed by atoms with Gasteiger partial charge in [0, 0.05) is 13.1 Å². The molecule has 1 aliphatic heterocycles. The molecule has 2 rings (SSSR count). The highest BCUT2D eigenvalue weighted by Gasteiger charge is 2.23. The van der Waals surface area contributed by atoms with Gasteiger partial charge in [0.25, 0.3) is 0 Å². The predicted molar refractivity (Wildman–Crippen MR) is 72.8 cm³/mol. The van der Waals surface area contributed by atoms with Gasteiger partial charge in [-0.15, -0.1) is 0 Å². The van der Waals surface area contributed by atoms with Gasteiger partial charge in [0.05, 0.1) is 25.9 Å². The minimum atomic E-state index is 0.138. The first kappa shape index (κ1) is 13.5. The van der Waals surface area contributed by atoms with Gasteiger partial charge >= 0.3 is 0 Å². The van der Waals surface area contributed by atoms with E-state index in [0.29, 0.717) is 6.61 Å². The Labute approximate surface area is 109 Å². The number of aryl methyl sites for hydroxylation is 3. The van der Waals surface area contributed by atoms with Crippen LogP contribution in [0.4, 0.5) is 0 Å². The molecule has 0 aromatic heterocycles. The van der Waals surface area contributed by atoms with Crippen molar-refractivity contribution in [3.8, 4) is 0 Å². The Hall–Kier alpha value is -0.900. The molecule has 1 saturated heterocycles. The van der Waals surface area contributed by atoms with Gasteiger partial charge < -0.3 is 9.84 Å². The molecule has 3 nitrogen and oxygen atoms in total. The maximum Gasteiger partial charge on any atom is 0.0644 e. The molecular formula is C15H23NO2. The third-order valence-electron chi connectivity index (χ3n) is 3.76. The number of hydrogen-bond donors (Lipinski definition) is 1. The van der Waals surface area contributed by atoms with Crippen LogP contribution in [0, 0.1) is 20.8 Å². The van der Waals surface area contributed by atoms with E-state index >= 15 is 0 Å². The highest BCUT2D eigenvalue weighted by molar-refractivity contribution is 5.37. The Morgan fingerprint density at radius 3 is 2.56 bits per heavy atom. The van der Waals surface area contributed by atoms with E-state index in [0.717, 1.165) is 19.7 Å². The van der Waals surface area contributed by atoms with Crippen LogP contribution in [0.5, 0.6) is 0 Å². The fraction of sp³-hybridized carbons (Fsp3) is 0.600. The van der Waals surface area contributed by atoms with Gasteiger partial charge in [0.1, 0.15) is 0 Å². The smallest absolute Gasteiger partial charge is 0.0644 e. The topological polar surface area (TPSA) is 32.7 Å². The number of hydrogen-bond acceptors (Lipinski definition) is 3. The van der Waals surface area contributed by atoms with Crippen molar-refractivity contribution in [3.05, 3.63) is 34.4 Å². The molecule has 1 aromatic carbocycles. The summed E-state index contributed by atoms with van der Waals surface area (Å²) >= 11 is 0. The maximum absolute atomic E-state index is 9.40. The van der Waals surface area contributed by atoms with Crippen molar-refractivity contribution in [1.82, 2.24) is 4.90 Å². The quantitative estimate of drug-likeness (QED) is 0.886. The highest BCUT2D eigenvalue weighted by Crippen LogP contribution is 2.20. The van der Waals surface area contributed by atoms with E-state index in [1.165, 1.54) is 22.3 Å². The molecule has 1 fully saturated rings. The number of rotatable bonds is 3. The van der Waals surface area contributed by atoms with E-state index < -0.39 is 0 Å². The number of benzene rings is 1. The summed E-state index contributed by atoms with van der Waals surface area (Å²) in [5, 5.41) is 9.40. The summed E-state index contributed by atoms with van der Waals surface area (Å²) in [5.74, 6) is 0. The van der Waals surface area contributed by atoms with Crippen molar-refractivity contribution in [2.45, 2.75) is 33.4 Å². The molecule has 0 spiro atoms. The van der Waals surface area contributed by atoms with Crippen LogP contribution < -0.4 is 0 Å². The van der Waals surface area contributed by atoms with Crippen molar-refractivity contribution in [2.24, 2.45) is 0 Å². The van der Waals surface area contributed by atoms with Gasteiger partial charge in [-0.25, -0.2) is 0 Å². The zero-order chi connectivity index (χ0) is 13.1. The van der Waals surface area contributed by atoms with Crippen molar-refractivity contribution in [3.63, 3.8) is 0 Å². The number of aliphatic hydroxyl groups excluding tert-OH is 1. The molecule has 0 radical (unpaired) electrons. The average Bonchev–Trinajstić information content (AvgIpc) is 2.34. The Kier molecular flexibility index (Phi) is 4.38. The number of nitrogens with zero attached hydrogens (tertiary/aromatic N) is 1. The second-order valence-corrected chi connectivity index (χ2v) is 5.26. The van der Waals surface area contributed by atoms with Crippen molar-refractivity contribution >= 4 is 0 Å². The molecule has 0 bridgehead atoms. The maximum atomic E-state index is 9.40. The fourth-order valence-electron chi connectivity index (χ4n) is 2.73. The zero-order valence-electron chi connectivity index (χ0n) is 11.6. The number of aliphatic hydroxyl groups is 1. The molecule has 1 heterocycles. The normalized spacial score (nSPS) is 21.2.